The molecule has 0 fully saturated rings. The van der Waals surface area contributed by atoms with E-state index in [1.807, 2.05) is 39.0 Å². The molecule has 1 aromatic heterocycles. The van der Waals surface area contributed by atoms with Gasteiger partial charge in [0.05, 0.1) is 11.8 Å². The number of carbonyl (C=O) groups is 1. The molecule has 0 aliphatic carbocycles. The number of benzene rings is 2. The number of hydrogen-bond acceptors (Lipinski definition) is 6. The third-order valence-electron chi connectivity index (χ3n) is 4.97. The van der Waals surface area contributed by atoms with Gasteiger partial charge in [0.15, 0.2) is 6.61 Å². The molecule has 1 atom stereocenters. The second-order valence-electron chi connectivity index (χ2n) is 8.44. The highest BCUT2D eigenvalue weighted by Crippen LogP contribution is 2.22. The van der Waals surface area contributed by atoms with Crippen molar-refractivity contribution >= 4 is 17.7 Å². The summed E-state index contributed by atoms with van der Waals surface area (Å²) in [4.78, 5) is 12.4. The van der Waals surface area contributed by atoms with Gasteiger partial charge in [0.2, 0.25) is 5.91 Å². The topological polar surface area (TPSA) is 77.2 Å². The van der Waals surface area contributed by atoms with E-state index in [0.29, 0.717) is 17.0 Å². The van der Waals surface area contributed by atoms with Crippen molar-refractivity contribution in [1.82, 2.24) is 15.5 Å². The first-order valence-electron chi connectivity index (χ1n) is 10.8. The van der Waals surface area contributed by atoms with Crippen LogP contribution in [0.15, 0.2) is 52.1 Å². The fraction of sp³-hybridized carbons (Fsp3) is 0.400. The summed E-state index contributed by atoms with van der Waals surface area (Å²) in [5.41, 5.74) is 4.57. The molecule has 1 N–H and O–H groups in total. The molecule has 0 aliphatic rings. The van der Waals surface area contributed by atoms with E-state index in [1.165, 1.54) is 17.3 Å². The number of nitrogens with zero attached hydrogens (tertiary/aromatic N) is 2. The number of aryl methyl sites for hydroxylation is 2. The van der Waals surface area contributed by atoms with E-state index in [9.17, 15) is 4.79 Å². The number of carbonyl (C=O) groups excluding carboxylic acids is 1. The third kappa shape index (κ3) is 7.12. The summed E-state index contributed by atoms with van der Waals surface area (Å²) in [5, 5.41) is 11.4. The normalized spacial score (nSPS) is 12.1. The van der Waals surface area contributed by atoms with Crippen LogP contribution in [0.2, 0.25) is 0 Å². The Morgan fingerprint density at radius 2 is 1.84 bits per heavy atom. The van der Waals surface area contributed by atoms with Gasteiger partial charge in [-0.15, -0.1) is 10.2 Å². The smallest absolute Gasteiger partial charge is 0.277 e. The summed E-state index contributed by atoms with van der Waals surface area (Å²) in [6, 6.07) is 14.4. The zero-order valence-corrected chi connectivity index (χ0v) is 20.2. The van der Waals surface area contributed by atoms with E-state index in [2.05, 4.69) is 53.6 Å². The lowest BCUT2D eigenvalue weighted by molar-refractivity contribution is -0.119. The van der Waals surface area contributed by atoms with Gasteiger partial charge in [-0.05, 0) is 61.4 Å². The van der Waals surface area contributed by atoms with E-state index in [1.54, 1.807) is 0 Å². The SMILES string of the molecule is Cc1ccc(C)c(OCc2nnc(SCC(=O)NC(C)c3ccc(CC(C)C)cc3)o2)c1. The molecule has 0 radical (unpaired) electrons. The van der Waals surface area contributed by atoms with Gasteiger partial charge >= 0.3 is 0 Å². The Morgan fingerprint density at radius 3 is 2.56 bits per heavy atom. The van der Waals surface area contributed by atoms with E-state index in [0.717, 1.165) is 28.9 Å². The number of amides is 1. The molecule has 3 aromatic rings. The summed E-state index contributed by atoms with van der Waals surface area (Å²) in [5.74, 6) is 1.92. The maximum atomic E-state index is 12.4. The molecule has 3 rings (SSSR count). The molecular formula is C25H31N3O3S. The molecule has 0 saturated heterocycles. The molecule has 0 spiro atoms. The van der Waals surface area contributed by atoms with Crippen molar-refractivity contribution < 1.29 is 13.9 Å². The van der Waals surface area contributed by atoms with Crippen molar-refractivity contribution in [2.45, 2.75) is 58.9 Å². The number of hydrogen-bond donors (Lipinski definition) is 1. The molecule has 0 saturated carbocycles. The van der Waals surface area contributed by atoms with Crippen LogP contribution in [0.3, 0.4) is 0 Å². The van der Waals surface area contributed by atoms with Crippen LogP contribution in [0.25, 0.3) is 0 Å². The predicted octanol–water partition coefficient (Wildman–Crippen LogP) is 5.43. The number of nitrogens with one attached hydrogen (secondary N) is 1. The van der Waals surface area contributed by atoms with Gasteiger partial charge in [0.25, 0.3) is 11.1 Å². The average molecular weight is 454 g/mol. The van der Waals surface area contributed by atoms with Crippen LogP contribution in [0, 0.1) is 19.8 Å². The Kier molecular flexibility index (Phi) is 8.33. The number of thioether (sulfide) groups is 1. The summed E-state index contributed by atoms with van der Waals surface area (Å²) in [6.07, 6.45) is 1.06. The van der Waals surface area contributed by atoms with Crippen LogP contribution >= 0.6 is 11.8 Å². The summed E-state index contributed by atoms with van der Waals surface area (Å²) in [7, 11) is 0. The highest BCUT2D eigenvalue weighted by atomic mass is 32.2. The molecule has 1 heterocycles. The molecule has 1 amide bonds. The second kappa shape index (κ2) is 11.2. The minimum absolute atomic E-state index is 0.0691. The maximum absolute atomic E-state index is 12.4. The molecule has 0 bridgehead atoms. The first-order chi connectivity index (χ1) is 15.3. The van der Waals surface area contributed by atoms with Gasteiger partial charge in [0, 0.05) is 0 Å². The molecule has 170 valence electrons. The highest BCUT2D eigenvalue weighted by Gasteiger charge is 2.14. The Morgan fingerprint density at radius 1 is 1.09 bits per heavy atom. The molecule has 7 heteroatoms. The summed E-state index contributed by atoms with van der Waals surface area (Å²) < 4.78 is 11.4. The summed E-state index contributed by atoms with van der Waals surface area (Å²) in [6.45, 7) is 10.6. The minimum Gasteiger partial charge on any atom is -0.484 e. The van der Waals surface area contributed by atoms with Crippen LogP contribution < -0.4 is 10.1 Å². The van der Waals surface area contributed by atoms with Gasteiger partial charge < -0.3 is 14.5 Å². The Balaban J connectivity index is 1.45. The highest BCUT2D eigenvalue weighted by molar-refractivity contribution is 7.99. The third-order valence-corrected chi connectivity index (χ3v) is 5.79. The minimum atomic E-state index is -0.0832. The summed E-state index contributed by atoms with van der Waals surface area (Å²) >= 11 is 1.22. The molecular weight excluding hydrogens is 422 g/mol. The lowest BCUT2D eigenvalue weighted by atomic mass is 10.00. The van der Waals surface area contributed by atoms with Crippen molar-refractivity contribution in [3.8, 4) is 5.75 Å². The standard InChI is InChI=1S/C25H31N3O3S/c1-16(2)12-20-8-10-21(11-9-20)19(5)26-23(29)15-32-25-28-27-24(31-25)14-30-22-13-17(3)6-7-18(22)4/h6-11,13,16,19H,12,14-15H2,1-5H3,(H,26,29). The van der Waals surface area contributed by atoms with Crippen molar-refractivity contribution in [3.63, 3.8) is 0 Å². The van der Waals surface area contributed by atoms with Crippen molar-refractivity contribution in [2.24, 2.45) is 5.92 Å². The van der Waals surface area contributed by atoms with E-state index < -0.39 is 0 Å². The van der Waals surface area contributed by atoms with Crippen LogP contribution in [-0.4, -0.2) is 21.9 Å². The van der Waals surface area contributed by atoms with Crippen molar-refractivity contribution in [2.75, 3.05) is 5.75 Å². The quantitative estimate of drug-likeness (QED) is 0.412. The number of rotatable bonds is 10. The molecule has 0 aliphatic heterocycles. The molecule has 2 aromatic carbocycles. The zero-order chi connectivity index (χ0) is 23.1. The monoisotopic (exact) mass is 453 g/mol. The zero-order valence-electron chi connectivity index (χ0n) is 19.3. The van der Waals surface area contributed by atoms with Gasteiger partial charge in [-0.1, -0.05) is 62.0 Å². The lowest BCUT2D eigenvalue weighted by Gasteiger charge is -2.15. The van der Waals surface area contributed by atoms with Crippen molar-refractivity contribution in [1.29, 1.82) is 0 Å². The van der Waals surface area contributed by atoms with Gasteiger partial charge in [-0.2, -0.15) is 0 Å². The van der Waals surface area contributed by atoms with Crippen LogP contribution in [0.5, 0.6) is 5.75 Å². The first-order valence-corrected chi connectivity index (χ1v) is 11.8. The predicted molar refractivity (Wildman–Crippen MR) is 127 cm³/mol. The maximum Gasteiger partial charge on any atom is 0.277 e. The van der Waals surface area contributed by atoms with Crippen LogP contribution in [-0.2, 0) is 17.8 Å². The largest absolute Gasteiger partial charge is 0.484 e. The van der Waals surface area contributed by atoms with E-state index in [-0.39, 0.29) is 24.3 Å². The molecule has 32 heavy (non-hydrogen) atoms. The van der Waals surface area contributed by atoms with Crippen LogP contribution in [0.4, 0.5) is 0 Å². The average Bonchev–Trinajstić information content (AvgIpc) is 3.21. The number of aromatic nitrogens is 2. The lowest BCUT2D eigenvalue weighted by Crippen LogP contribution is -2.28. The van der Waals surface area contributed by atoms with Crippen molar-refractivity contribution in [3.05, 3.63) is 70.6 Å². The Labute approximate surface area is 194 Å². The number of ether oxygens (including phenoxy) is 1. The van der Waals surface area contributed by atoms with Crippen LogP contribution in [0.1, 0.15) is 55.0 Å². The first kappa shape index (κ1) is 23.9. The molecule has 1 unspecified atom stereocenters. The Hall–Kier alpha value is -2.80. The second-order valence-corrected chi connectivity index (χ2v) is 9.36. The van der Waals surface area contributed by atoms with E-state index in [4.69, 9.17) is 9.15 Å². The van der Waals surface area contributed by atoms with Gasteiger partial charge in [-0.25, -0.2) is 0 Å². The van der Waals surface area contributed by atoms with Gasteiger partial charge in [-0.3, -0.25) is 4.79 Å². The Bertz CT molecular complexity index is 1030. The fourth-order valence-corrected chi connectivity index (χ4v) is 3.86. The van der Waals surface area contributed by atoms with Gasteiger partial charge in [0.1, 0.15) is 5.75 Å². The van der Waals surface area contributed by atoms with E-state index >= 15 is 0 Å². The molecule has 6 nitrogen and oxygen atoms in total. The fourth-order valence-electron chi connectivity index (χ4n) is 3.26.